The molecule has 0 N–H and O–H groups in total. The normalized spacial score (nSPS) is 16.8. The number of benzene rings is 1. The molecule has 0 heterocycles. The maximum Gasteiger partial charge on any atom is 0.235 e. The number of hydrogen-bond acceptors (Lipinski definition) is 4. The van der Waals surface area contributed by atoms with Crippen molar-refractivity contribution in [3.05, 3.63) is 23.8 Å². The number of carbonyl (C=O) groups excluding carboxylic acids is 1. The van der Waals surface area contributed by atoms with E-state index in [0.29, 0.717) is 0 Å². The molecule has 0 spiro atoms. The molecule has 0 atom stereocenters. The minimum absolute atomic E-state index is 0.445. The standard InChI is InChI=1S/C15H20N2O2/c1-17(2)12-6-7-14(19-3)13(10-12)15(16-11-18)8-4-5-9-15/h6-7,10H,4-5,8-9H2,1-3H3. The number of hydrogen-bond donors (Lipinski definition) is 0. The van der Waals surface area contributed by atoms with Gasteiger partial charge in [0.05, 0.1) is 7.11 Å². The number of ether oxygens (including phenoxy) is 1. The molecule has 2 rings (SSSR count). The van der Waals surface area contributed by atoms with E-state index in [4.69, 9.17) is 4.74 Å². The molecule has 0 bridgehead atoms. The van der Waals surface area contributed by atoms with E-state index in [1.807, 2.05) is 31.1 Å². The van der Waals surface area contributed by atoms with Crippen LogP contribution in [-0.4, -0.2) is 27.3 Å². The Labute approximate surface area is 114 Å². The lowest BCUT2D eigenvalue weighted by Gasteiger charge is -2.26. The molecule has 0 amide bonds. The highest BCUT2D eigenvalue weighted by atomic mass is 16.5. The summed E-state index contributed by atoms with van der Waals surface area (Å²) in [7, 11) is 5.65. The van der Waals surface area contributed by atoms with E-state index >= 15 is 0 Å². The van der Waals surface area contributed by atoms with Gasteiger partial charge in [-0.3, -0.25) is 0 Å². The maximum absolute atomic E-state index is 10.8. The molecule has 1 aliphatic rings. The number of isocyanates is 1. The van der Waals surface area contributed by atoms with Crippen LogP contribution in [0.5, 0.6) is 5.75 Å². The zero-order valence-electron chi connectivity index (χ0n) is 11.8. The van der Waals surface area contributed by atoms with Crippen molar-refractivity contribution in [1.82, 2.24) is 0 Å². The molecule has 1 fully saturated rings. The van der Waals surface area contributed by atoms with Gasteiger partial charge in [-0.2, -0.15) is 4.99 Å². The van der Waals surface area contributed by atoms with E-state index in [-0.39, 0.29) is 0 Å². The molecule has 0 unspecified atom stereocenters. The molecular formula is C15H20N2O2. The molecule has 4 heteroatoms. The van der Waals surface area contributed by atoms with Gasteiger partial charge in [0.15, 0.2) is 0 Å². The third kappa shape index (κ3) is 2.49. The second-order valence-corrected chi connectivity index (χ2v) is 5.22. The topological polar surface area (TPSA) is 41.9 Å². The largest absolute Gasteiger partial charge is 0.496 e. The van der Waals surface area contributed by atoms with Gasteiger partial charge in [-0.25, -0.2) is 4.79 Å². The Balaban J connectivity index is 2.57. The summed E-state index contributed by atoms with van der Waals surface area (Å²) in [6.45, 7) is 0. The molecule has 1 aliphatic carbocycles. The third-order valence-corrected chi connectivity index (χ3v) is 3.89. The minimum Gasteiger partial charge on any atom is -0.496 e. The summed E-state index contributed by atoms with van der Waals surface area (Å²) in [6, 6.07) is 6.03. The van der Waals surface area contributed by atoms with Crippen LogP contribution in [0.2, 0.25) is 0 Å². The highest BCUT2D eigenvalue weighted by molar-refractivity contribution is 5.55. The molecule has 19 heavy (non-hydrogen) atoms. The zero-order chi connectivity index (χ0) is 13.9. The van der Waals surface area contributed by atoms with E-state index < -0.39 is 5.54 Å². The van der Waals surface area contributed by atoms with Crippen molar-refractivity contribution in [3.63, 3.8) is 0 Å². The fourth-order valence-electron chi connectivity index (χ4n) is 2.83. The lowest BCUT2D eigenvalue weighted by Crippen LogP contribution is -2.21. The zero-order valence-corrected chi connectivity index (χ0v) is 11.8. The molecule has 4 nitrogen and oxygen atoms in total. The Bertz CT molecular complexity index is 499. The predicted octanol–water partition coefficient (Wildman–Crippen LogP) is 2.87. The summed E-state index contributed by atoms with van der Waals surface area (Å²) in [5.74, 6) is 0.798. The van der Waals surface area contributed by atoms with E-state index in [0.717, 1.165) is 42.7 Å². The van der Waals surface area contributed by atoms with Gasteiger partial charge in [-0.05, 0) is 31.0 Å². The van der Waals surface area contributed by atoms with Gasteiger partial charge >= 0.3 is 0 Å². The third-order valence-electron chi connectivity index (χ3n) is 3.89. The van der Waals surface area contributed by atoms with Gasteiger partial charge in [-0.1, -0.05) is 12.8 Å². The molecular weight excluding hydrogens is 240 g/mol. The maximum atomic E-state index is 10.8. The number of nitrogens with zero attached hydrogens (tertiary/aromatic N) is 2. The van der Waals surface area contributed by atoms with Gasteiger partial charge in [0.25, 0.3) is 0 Å². The summed E-state index contributed by atoms with van der Waals surface area (Å²) in [4.78, 5) is 17.0. The van der Waals surface area contributed by atoms with Crippen LogP contribution >= 0.6 is 0 Å². The Morgan fingerprint density at radius 1 is 1.32 bits per heavy atom. The molecule has 1 saturated carbocycles. The first-order valence-electron chi connectivity index (χ1n) is 6.58. The first kappa shape index (κ1) is 13.6. The molecule has 1 aromatic carbocycles. The quantitative estimate of drug-likeness (QED) is 0.617. The van der Waals surface area contributed by atoms with Crippen LogP contribution in [0.4, 0.5) is 5.69 Å². The van der Waals surface area contributed by atoms with Gasteiger partial charge in [0.2, 0.25) is 6.08 Å². The van der Waals surface area contributed by atoms with Crippen LogP contribution in [0.1, 0.15) is 31.2 Å². The second kappa shape index (κ2) is 5.45. The summed E-state index contributed by atoms with van der Waals surface area (Å²) < 4.78 is 5.46. The highest BCUT2D eigenvalue weighted by Gasteiger charge is 2.38. The molecule has 0 aromatic heterocycles. The lowest BCUT2D eigenvalue weighted by molar-refractivity contribution is 0.379. The summed E-state index contributed by atoms with van der Waals surface area (Å²) in [5, 5.41) is 0. The first-order chi connectivity index (χ1) is 9.13. The van der Waals surface area contributed by atoms with E-state index in [9.17, 15) is 4.79 Å². The van der Waals surface area contributed by atoms with Crippen molar-refractivity contribution in [2.45, 2.75) is 31.2 Å². The number of aliphatic imine (C=N–C) groups is 1. The van der Waals surface area contributed by atoms with Crippen molar-refractivity contribution in [3.8, 4) is 5.75 Å². The second-order valence-electron chi connectivity index (χ2n) is 5.22. The monoisotopic (exact) mass is 260 g/mol. The van der Waals surface area contributed by atoms with Crippen molar-refractivity contribution in [2.24, 2.45) is 4.99 Å². The molecule has 1 aromatic rings. The van der Waals surface area contributed by atoms with Gasteiger partial charge in [0, 0.05) is 25.3 Å². The number of methoxy groups -OCH3 is 1. The Hall–Kier alpha value is -1.80. The van der Waals surface area contributed by atoms with Crippen molar-refractivity contribution in [2.75, 3.05) is 26.1 Å². The smallest absolute Gasteiger partial charge is 0.235 e. The van der Waals surface area contributed by atoms with Crippen molar-refractivity contribution < 1.29 is 9.53 Å². The summed E-state index contributed by atoms with van der Waals surface area (Å²) in [6.07, 6.45) is 5.69. The average Bonchev–Trinajstić information content (AvgIpc) is 2.88. The van der Waals surface area contributed by atoms with Crippen LogP contribution in [0.15, 0.2) is 23.2 Å². The van der Waals surface area contributed by atoms with Gasteiger partial charge in [0.1, 0.15) is 11.3 Å². The minimum atomic E-state index is -0.445. The van der Waals surface area contributed by atoms with Crippen LogP contribution in [-0.2, 0) is 10.3 Å². The van der Waals surface area contributed by atoms with Crippen LogP contribution in [0.25, 0.3) is 0 Å². The fourth-order valence-corrected chi connectivity index (χ4v) is 2.83. The summed E-state index contributed by atoms with van der Waals surface area (Å²) >= 11 is 0. The summed E-state index contributed by atoms with van der Waals surface area (Å²) in [5.41, 5.74) is 1.64. The van der Waals surface area contributed by atoms with Crippen LogP contribution in [0.3, 0.4) is 0 Å². The number of rotatable bonds is 4. The van der Waals surface area contributed by atoms with Crippen molar-refractivity contribution in [1.29, 1.82) is 0 Å². The van der Waals surface area contributed by atoms with Crippen LogP contribution in [0, 0.1) is 0 Å². The van der Waals surface area contributed by atoms with Crippen molar-refractivity contribution >= 4 is 11.8 Å². The Kier molecular flexibility index (Phi) is 3.91. The Morgan fingerprint density at radius 2 is 2.00 bits per heavy atom. The first-order valence-corrected chi connectivity index (χ1v) is 6.58. The number of anilines is 1. The molecule has 0 aliphatic heterocycles. The fraction of sp³-hybridized carbons (Fsp3) is 0.533. The Morgan fingerprint density at radius 3 is 2.53 bits per heavy atom. The lowest BCUT2D eigenvalue weighted by atomic mass is 9.87. The van der Waals surface area contributed by atoms with Gasteiger partial charge in [-0.15, -0.1) is 0 Å². The molecule has 0 radical (unpaired) electrons. The van der Waals surface area contributed by atoms with E-state index in [1.54, 1.807) is 13.2 Å². The molecule has 102 valence electrons. The van der Waals surface area contributed by atoms with Crippen LogP contribution < -0.4 is 9.64 Å². The molecule has 0 saturated heterocycles. The predicted molar refractivity (Wildman–Crippen MR) is 75.6 cm³/mol. The highest BCUT2D eigenvalue weighted by Crippen LogP contribution is 2.46. The van der Waals surface area contributed by atoms with E-state index in [1.165, 1.54) is 0 Å². The van der Waals surface area contributed by atoms with E-state index in [2.05, 4.69) is 11.1 Å². The average molecular weight is 260 g/mol. The van der Waals surface area contributed by atoms with Gasteiger partial charge < -0.3 is 9.64 Å². The SMILES string of the molecule is COc1ccc(N(C)C)cc1C1(N=C=O)CCCC1.